The highest BCUT2D eigenvalue weighted by molar-refractivity contribution is 6.36. The fraction of sp³-hybridized carbons (Fsp3) is 0. The molecular weight excluding hydrogens is 729 g/mol. The molecule has 0 atom stereocenters. The molecule has 0 aliphatic heterocycles. The van der Waals surface area contributed by atoms with Crippen molar-refractivity contribution in [2.75, 3.05) is 0 Å². The molecule has 0 fully saturated rings. The van der Waals surface area contributed by atoms with Gasteiger partial charge in [0.2, 0.25) is 5.69 Å². The van der Waals surface area contributed by atoms with Crippen LogP contribution in [0.2, 0.25) is 0 Å². The maximum atomic E-state index is 11.7. The first-order valence-electron chi connectivity index (χ1n) is 20.2. The zero-order valence-corrected chi connectivity index (χ0v) is 32.1. The van der Waals surface area contributed by atoms with Crippen molar-refractivity contribution in [3.05, 3.63) is 199 Å². The molecule has 2 aromatic heterocycles. The lowest BCUT2D eigenvalue weighted by Gasteiger charge is -2.25. The summed E-state index contributed by atoms with van der Waals surface area (Å²) in [6, 6.07) is 66.7. The van der Waals surface area contributed by atoms with Gasteiger partial charge in [0.15, 0.2) is 0 Å². The summed E-state index contributed by atoms with van der Waals surface area (Å²) in [6.07, 6.45) is 0. The fourth-order valence-corrected chi connectivity index (χ4v) is 10.6. The standard InChI is InChI=1S/C56H30N4/c1-58-54-48(33-16-4-2-5-17-33)43(32-57)55(59-44-28-12-24-39-35-20-8-9-21-36(35)40-25-13-29-45(59)51(40)50(39)44)49(34-18-6-3-7-19-34)56(54)60-46-30-14-26-41-37-22-10-11-23-38(37)42-27-15-31-47(60)53(42)52(41)46/h2-31H. The van der Waals surface area contributed by atoms with Crippen molar-refractivity contribution in [3.8, 4) is 39.7 Å². The van der Waals surface area contributed by atoms with Gasteiger partial charge >= 0.3 is 0 Å². The van der Waals surface area contributed by atoms with E-state index in [4.69, 9.17) is 6.57 Å². The van der Waals surface area contributed by atoms with E-state index < -0.39 is 0 Å². The average Bonchev–Trinajstić information content (AvgIpc) is 3.84. The molecule has 0 aliphatic rings. The lowest BCUT2D eigenvalue weighted by Crippen LogP contribution is -2.08. The molecule has 4 heteroatoms. The quantitative estimate of drug-likeness (QED) is 0.130. The molecule has 2 heterocycles. The minimum absolute atomic E-state index is 0.436. The van der Waals surface area contributed by atoms with Crippen LogP contribution in [0.15, 0.2) is 182 Å². The Labute approximate surface area is 344 Å². The summed E-state index contributed by atoms with van der Waals surface area (Å²) < 4.78 is 4.65. The minimum Gasteiger partial charge on any atom is -0.318 e. The zero-order valence-electron chi connectivity index (χ0n) is 32.1. The van der Waals surface area contributed by atoms with Gasteiger partial charge in [-0.15, -0.1) is 0 Å². The molecule has 0 saturated carbocycles. The van der Waals surface area contributed by atoms with E-state index >= 15 is 0 Å². The van der Waals surface area contributed by atoms with Crippen LogP contribution < -0.4 is 0 Å². The van der Waals surface area contributed by atoms with Crippen LogP contribution in [0.4, 0.5) is 5.69 Å². The van der Waals surface area contributed by atoms with Gasteiger partial charge in [-0.05, 0) is 78.5 Å². The van der Waals surface area contributed by atoms with E-state index in [0.717, 1.165) is 60.9 Å². The molecule has 274 valence electrons. The average molecular weight is 759 g/mol. The molecule has 0 saturated heterocycles. The molecule has 11 aromatic carbocycles. The third-order valence-corrected chi connectivity index (χ3v) is 12.9. The van der Waals surface area contributed by atoms with Crippen molar-refractivity contribution in [2.24, 2.45) is 0 Å². The number of nitriles is 1. The molecule has 0 spiro atoms. The van der Waals surface area contributed by atoms with Crippen LogP contribution in [0.1, 0.15) is 5.56 Å². The molecule has 13 rings (SSSR count). The third kappa shape index (κ3) is 4.06. The van der Waals surface area contributed by atoms with Crippen molar-refractivity contribution >= 4 is 92.4 Å². The Morgan fingerprint density at radius 2 is 0.700 bits per heavy atom. The maximum absolute atomic E-state index is 11.7. The van der Waals surface area contributed by atoms with Crippen molar-refractivity contribution in [1.29, 1.82) is 5.26 Å². The van der Waals surface area contributed by atoms with Gasteiger partial charge in [-0.3, -0.25) is 0 Å². The van der Waals surface area contributed by atoms with Gasteiger partial charge in [-0.2, -0.15) is 5.26 Å². The number of nitrogens with zero attached hydrogens (tertiary/aromatic N) is 4. The van der Waals surface area contributed by atoms with E-state index in [2.05, 4.69) is 166 Å². The van der Waals surface area contributed by atoms with Crippen LogP contribution in [-0.4, -0.2) is 9.13 Å². The molecule has 0 bridgehead atoms. The van der Waals surface area contributed by atoms with Gasteiger partial charge in [0, 0.05) is 32.7 Å². The van der Waals surface area contributed by atoms with E-state index in [0.29, 0.717) is 16.8 Å². The topological polar surface area (TPSA) is 38.0 Å². The van der Waals surface area contributed by atoms with Crippen LogP contribution in [0.5, 0.6) is 0 Å². The maximum Gasteiger partial charge on any atom is 0.220 e. The number of hydrogen-bond donors (Lipinski definition) is 0. The lowest BCUT2D eigenvalue weighted by atomic mass is 9.88. The van der Waals surface area contributed by atoms with Gasteiger partial charge in [0.1, 0.15) is 6.07 Å². The summed E-state index contributed by atoms with van der Waals surface area (Å²) in [5.41, 5.74) is 9.65. The Balaban J connectivity index is 1.33. The lowest BCUT2D eigenvalue weighted by molar-refractivity contribution is 1.13. The molecule has 60 heavy (non-hydrogen) atoms. The first kappa shape index (κ1) is 32.6. The summed E-state index contributed by atoms with van der Waals surface area (Å²) in [5.74, 6) is 0. The van der Waals surface area contributed by atoms with Crippen LogP contribution in [0, 0.1) is 17.9 Å². The number of fused-ring (bicyclic) bond motifs is 6. The second-order valence-corrected chi connectivity index (χ2v) is 15.7. The first-order chi connectivity index (χ1) is 29.8. The summed E-state index contributed by atoms with van der Waals surface area (Å²) in [7, 11) is 0. The SMILES string of the molecule is [C-]#[N+]c1c(-c2ccccc2)c(C#N)c(-n2c3cccc4c5ccccc5c5cccc2c5c43)c(-c2ccccc2)c1-n1c2cccc3c4ccccc4c4cccc1c4c32. The van der Waals surface area contributed by atoms with Crippen molar-refractivity contribution in [3.63, 3.8) is 0 Å². The highest BCUT2D eigenvalue weighted by Crippen LogP contribution is 2.54. The molecular formula is C56H30N4. The van der Waals surface area contributed by atoms with Crippen LogP contribution in [-0.2, 0) is 0 Å². The Morgan fingerprint density at radius 1 is 0.367 bits per heavy atom. The van der Waals surface area contributed by atoms with Gasteiger partial charge in [-0.1, -0.05) is 158 Å². The summed E-state index contributed by atoms with van der Waals surface area (Å²) in [5, 5.41) is 25.9. The first-order valence-corrected chi connectivity index (χ1v) is 20.2. The Morgan fingerprint density at radius 3 is 1.07 bits per heavy atom. The van der Waals surface area contributed by atoms with Gasteiger partial charge < -0.3 is 9.13 Å². The second-order valence-electron chi connectivity index (χ2n) is 15.7. The number of benzene rings is 11. The number of aromatic nitrogens is 2. The summed E-state index contributed by atoms with van der Waals surface area (Å²) in [4.78, 5) is 4.49. The normalized spacial score (nSPS) is 12.0. The van der Waals surface area contributed by atoms with Crippen molar-refractivity contribution in [1.82, 2.24) is 9.13 Å². The van der Waals surface area contributed by atoms with Crippen LogP contribution in [0.25, 0.3) is 125 Å². The predicted molar refractivity (Wildman–Crippen MR) is 249 cm³/mol. The molecule has 0 aliphatic carbocycles. The number of hydrogen-bond acceptors (Lipinski definition) is 1. The molecule has 0 radical (unpaired) electrons. The van der Waals surface area contributed by atoms with E-state index in [1.165, 1.54) is 53.9 Å². The van der Waals surface area contributed by atoms with Crippen LogP contribution in [0.3, 0.4) is 0 Å². The molecule has 13 aromatic rings. The molecule has 0 N–H and O–H groups in total. The van der Waals surface area contributed by atoms with Crippen molar-refractivity contribution in [2.45, 2.75) is 0 Å². The summed E-state index contributed by atoms with van der Waals surface area (Å²) in [6.45, 7) is 9.17. The smallest absolute Gasteiger partial charge is 0.220 e. The molecule has 4 nitrogen and oxygen atoms in total. The largest absolute Gasteiger partial charge is 0.318 e. The van der Waals surface area contributed by atoms with E-state index in [1.807, 2.05) is 36.4 Å². The molecule has 0 unspecified atom stereocenters. The van der Waals surface area contributed by atoms with Gasteiger partial charge in [0.05, 0.1) is 45.6 Å². The van der Waals surface area contributed by atoms with E-state index in [9.17, 15) is 5.26 Å². The fourth-order valence-electron chi connectivity index (χ4n) is 10.6. The minimum atomic E-state index is 0.436. The highest BCUT2D eigenvalue weighted by Gasteiger charge is 2.32. The molecule has 0 amide bonds. The Kier molecular flexibility index (Phi) is 6.55. The van der Waals surface area contributed by atoms with Crippen molar-refractivity contribution < 1.29 is 0 Å². The third-order valence-electron chi connectivity index (χ3n) is 12.9. The Hall–Kier alpha value is -8.44. The number of rotatable bonds is 4. The van der Waals surface area contributed by atoms with E-state index in [1.54, 1.807) is 0 Å². The van der Waals surface area contributed by atoms with Crippen LogP contribution >= 0.6 is 0 Å². The predicted octanol–water partition coefficient (Wildman–Crippen LogP) is 15.1. The van der Waals surface area contributed by atoms with Gasteiger partial charge in [-0.25, -0.2) is 4.85 Å². The second kappa shape index (κ2) is 12.0. The Bertz CT molecular complexity index is 3610. The van der Waals surface area contributed by atoms with Gasteiger partial charge in [0.25, 0.3) is 0 Å². The van der Waals surface area contributed by atoms with E-state index in [-0.39, 0.29) is 0 Å². The summed E-state index contributed by atoms with van der Waals surface area (Å²) >= 11 is 0. The zero-order chi connectivity index (χ0) is 39.6. The highest BCUT2D eigenvalue weighted by atomic mass is 15.0. The monoisotopic (exact) mass is 758 g/mol.